The Hall–Kier alpha value is -1.48. The summed E-state index contributed by atoms with van der Waals surface area (Å²) in [6.07, 6.45) is -7.27. The van der Waals surface area contributed by atoms with Crippen LogP contribution in [0.2, 0.25) is 0 Å². The van der Waals surface area contributed by atoms with E-state index in [-0.39, 0.29) is 6.54 Å². The molecule has 2 aromatic rings. The molecule has 0 spiro atoms. The maximum absolute atomic E-state index is 12.0. The number of tetrazole rings is 1. The highest BCUT2D eigenvalue weighted by atomic mass is 32.1. The van der Waals surface area contributed by atoms with Crippen molar-refractivity contribution < 1.29 is 18.3 Å². The number of hydrogen-bond donors (Lipinski definition) is 1. The van der Waals surface area contributed by atoms with E-state index in [1.54, 1.807) is 11.4 Å². The van der Waals surface area contributed by atoms with Crippen LogP contribution in [-0.4, -0.2) is 37.6 Å². The molecule has 0 fully saturated rings. The van der Waals surface area contributed by atoms with E-state index in [9.17, 15) is 18.3 Å². The van der Waals surface area contributed by atoms with Crippen LogP contribution in [0.5, 0.6) is 0 Å². The zero-order chi connectivity index (χ0) is 13.2. The van der Waals surface area contributed by atoms with Gasteiger partial charge in [0.15, 0.2) is 0 Å². The molecule has 5 nitrogen and oxygen atoms in total. The van der Waals surface area contributed by atoms with Gasteiger partial charge in [-0.3, -0.25) is 0 Å². The second kappa shape index (κ2) is 5.02. The van der Waals surface area contributed by atoms with Crippen molar-refractivity contribution >= 4 is 11.3 Å². The summed E-state index contributed by atoms with van der Waals surface area (Å²) >= 11 is 1.45. The van der Waals surface area contributed by atoms with Crippen molar-refractivity contribution in [3.05, 3.63) is 16.8 Å². The Morgan fingerprint density at radius 3 is 2.83 bits per heavy atom. The maximum Gasteiger partial charge on any atom is 0.391 e. The molecule has 2 heterocycles. The van der Waals surface area contributed by atoms with Crippen LogP contribution in [0.25, 0.3) is 11.4 Å². The van der Waals surface area contributed by atoms with E-state index < -0.39 is 18.7 Å². The molecule has 0 bridgehead atoms. The standard InChI is InChI=1S/C9H9F3N4OS/c10-9(11,12)3-7(17)4-16-14-8(13-15-16)6-1-2-18-5-6/h1-2,5,7,17H,3-4H2. The summed E-state index contributed by atoms with van der Waals surface area (Å²) in [7, 11) is 0. The minimum atomic E-state index is -4.41. The van der Waals surface area contributed by atoms with E-state index in [4.69, 9.17) is 0 Å². The average molecular weight is 278 g/mol. The van der Waals surface area contributed by atoms with Crippen LogP contribution in [0.4, 0.5) is 13.2 Å². The van der Waals surface area contributed by atoms with Gasteiger partial charge in [-0.15, -0.1) is 10.2 Å². The predicted molar refractivity (Wildman–Crippen MR) is 57.8 cm³/mol. The van der Waals surface area contributed by atoms with E-state index in [0.717, 1.165) is 10.4 Å². The summed E-state index contributed by atoms with van der Waals surface area (Å²) in [6, 6.07) is 1.78. The van der Waals surface area contributed by atoms with Crippen molar-refractivity contribution in [2.45, 2.75) is 25.2 Å². The van der Waals surface area contributed by atoms with Crippen LogP contribution in [0.1, 0.15) is 6.42 Å². The van der Waals surface area contributed by atoms with E-state index in [1.165, 1.54) is 11.3 Å². The van der Waals surface area contributed by atoms with Crippen LogP contribution in [0, 0.1) is 0 Å². The molecule has 18 heavy (non-hydrogen) atoms. The Labute approximate surface area is 104 Å². The molecule has 0 aliphatic heterocycles. The minimum absolute atomic E-state index is 0.329. The lowest BCUT2D eigenvalue weighted by Crippen LogP contribution is -2.25. The van der Waals surface area contributed by atoms with Gasteiger partial charge in [0.2, 0.25) is 5.82 Å². The van der Waals surface area contributed by atoms with Gasteiger partial charge in [0.05, 0.1) is 19.1 Å². The molecule has 0 aromatic carbocycles. The number of alkyl halides is 3. The average Bonchev–Trinajstić information content (AvgIpc) is 2.82. The van der Waals surface area contributed by atoms with Crippen LogP contribution >= 0.6 is 11.3 Å². The summed E-state index contributed by atoms with van der Waals surface area (Å²) in [6.45, 7) is -0.337. The lowest BCUT2D eigenvalue weighted by atomic mass is 10.2. The van der Waals surface area contributed by atoms with Crippen molar-refractivity contribution in [3.63, 3.8) is 0 Å². The van der Waals surface area contributed by atoms with Crippen LogP contribution in [0.3, 0.4) is 0 Å². The van der Waals surface area contributed by atoms with Crippen LogP contribution in [-0.2, 0) is 6.54 Å². The van der Waals surface area contributed by atoms with Gasteiger partial charge < -0.3 is 5.11 Å². The first kappa shape index (κ1) is 13.0. The van der Waals surface area contributed by atoms with Gasteiger partial charge in [0.1, 0.15) is 0 Å². The molecule has 1 unspecified atom stereocenters. The van der Waals surface area contributed by atoms with Gasteiger partial charge >= 0.3 is 6.18 Å². The van der Waals surface area contributed by atoms with Crippen LogP contribution in [0.15, 0.2) is 16.8 Å². The van der Waals surface area contributed by atoms with Crippen molar-refractivity contribution in [2.24, 2.45) is 0 Å². The van der Waals surface area contributed by atoms with Gasteiger partial charge in [-0.2, -0.15) is 29.3 Å². The highest BCUT2D eigenvalue weighted by molar-refractivity contribution is 7.08. The quantitative estimate of drug-likeness (QED) is 0.924. The van der Waals surface area contributed by atoms with Gasteiger partial charge in [-0.05, 0) is 16.7 Å². The second-order valence-corrected chi connectivity index (χ2v) is 4.43. The molecular formula is C9H9F3N4OS. The third-order valence-corrected chi connectivity index (χ3v) is 2.76. The smallest absolute Gasteiger partial charge is 0.391 e. The number of hydrogen-bond acceptors (Lipinski definition) is 5. The summed E-state index contributed by atoms with van der Waals surface area (Å²) in [4.78, 5) is 0.962. The molecular weight excluding hydrogens is 269 g/mol. The molecule has 0 aliphatic carbocycles. The predicted octanol–water partition coefficient (Wildman–Crippen LogP) is 1.71. The topological polar surface area (TPSA) is 63.8 Å². The first-order chi connectivity index (χ1) is 8.44. The van der Waals surface area contributed by atoms with Crippen molar-refractivity contribution in [2.75, 3.05) is 0 Å². The van der Waals surface area contributed by atoms with Gasteiger partial charge in [-0.25, -0.2) is 0 Å². The Morgan fingerprint density at radius 1 is 1.44 bits per heavy atom. The fraction of sp³-hybridized carbons (Fsp3) is 0.444. The molecule has 0 saturated carbocycles. The number of aliphatic hydroxyl groups is 1. The number of aromatic nitrogens is 4. The van der Waals surface area contributed by atoms with E-state index in [1.807, 2.05) is 5.38 Å². The molecule has 1 N–H and O–H groups in total. The monoisotopic (exact) mass is 278 g/mol. The molecule has 1 atom stereocenters. The normalized spacial score (nSPS) is 13.8. The molecule has 9 heteroatoms. The summed E-state index contributed by atoms with van der Waals surface area (Å²) in [5.74, 6) is 0.329. The Morgan fingerprint density at radius 2 is 2.22 bits per heavy atom. The summed E-state index contributed by atoms with van der Waals surface area (Å²) in [5, 5.41) is 24.1. The summed E-state index contributed by atoms with van der Waals surface area (Å²) < 4.78 is 36.0. The fourth-order valence-electron chi connectivity index (χ4n) is 1.35. The van der Waals surface area contributed by atoms with Crippen LogP contribution < -0.4 is 0 Å². The third-order valence-electron chi connectivity index (χ3n) is 2.07. The number of nitrogens with zero attached hydrogens (tertiary/aromatic N) is 4. The Balaban J connectivity index is 1.99. The van der Waals surface area contributed by atoms with Crippen molar-refractivity contribution in [1.29, 1.82) is 0 Å². The molecule has 98 valence electrons. The number of thiophene rings is 1. The Kier molecular flexibility index (Phi) is 3.62. The third kappa shape index (κ3) is 3.50. The van der Waals surface area contributed by atoms with Gasteiger partial charge in [0, 0.05) is 10.9 Å². The number of rotatable bonds is 4. The second-order valence-electron chi connectivity index (χ2n) is 3.65. The van der Waals surface area contributed by atoms with E-state index in [2.05, 4.69) is 15.4 Å². The first-order valence-corrected chi connectivity index (χ1v) is 5.93. The fourth-order valence-corrected chi connectivity index (χ4v) is 1.98. The van der Waals surface area contributed by atoms with Crippen molar-refractivity contribution in [1.82, 2.24) is 20.2 Å². The maximum atomic E-state index is 12.0. The molecule has 0 amide bonds. The first-order valence-electron chi connectivity index (χ1n) is 4.99. The summed E-state index contributed by atoms with van der Waals surface area (Å²) in [5.41, 5.74) is 0.747. The van der Waals surface area contributed by atoms with E-state index >= 15 is 0 Å². The number of aliphatic hydroxyl groups excluding tert-OH is 1. The zero-order valence-electron chi connectivity index (χ0n) is 9.00. The lowest BCUT2D eigenvalue weighted by molar-refractivity contribution is -0.155. The molecule has 2 aromatic heterocycles. The SMILES string of the molecule is OC(Cn1nnc(-c2ccsc2)n1)CC(F)(F)F. The molecule has 0 aliphatic rings. The van der Waals surface area contributed by atoms with Crippen molar-refractivity contribution in [3.8, 4) is 11.4 Å². The highest BCUT2D eigenvalue weighted by Gasteiger charge is 2.31. The van der Waals surface area contributed by atoms with Gasteiger partial charge in [0.25, 0.3) is 0 Å². The zero-order valence-corrected chi connectivity index (χ0v) is 9.82. The Bertz CT molecular complexity index is 496. The highest BCUT2D eigenvalue weighted by Crippen LogP contribution is 2.22. The van der Waals surface area contributed by atoms with E-state index in [0.29, 0.717) is 5.82 Å². The lowest BCUT2D eigenvalue weighted by Gasteiger charge is -2.11. The van der Waals surface area contributed by atoms with Gasteiger partial charge in [-0.1, -0.05) is 0 Å². The molecule has 0 saturated heterocycles. The molecule has 0 radical (unpaired) electrons. The largest absolute Gasteiger partial charge is 0.391 e. The number of halogens is 3. The minimum Gasteiger partial charge on any atom is -0.391 e. The molecule has 2 rings (SSSR count).